The van der Waals surface area contributed by atoms with Gasteiger partial charge in [-0.05, 0) is 28.9 Å². The Morgan fingerprint density at radius 2 is 2.00 bits per heavy atom. The van der Waals surface area contributed by atoms with E-state index in [4.69, 9.17) is 4.74 Å². The van der Waals surface area contributed by atoms with Crippen molar-refractivity contribution in [3.8, 4) is 0 Å². The van der Waals surface area contributed by atoms with Gasteiger partial charge < -0.3 is 14.6 Å². The predicted molar refractivity (Wildman–Crippen MR) is 101 cm³/mol. The van der Waals surface area contributed by atoms with Gasteiger partial charge in [-0.2, -0.15) is 0 Å². The molecule has 1 aromatic rings. The SMILES string of the molecule is CC(=O)NCC[S+]([O-])C1=C(C(=O)OCc2ccc([N+](=O)[O-])cc2)N2C(=O)CC2C1. The van der Waals surface area contributed by atoms with Crippen molar-refractivity contribution in [1.29, 1.82) is 0 Å². The smallest absolute Gasteiger partial charge is 0.360 e. The number of ether oxygens (including phenoxy) is 1. The van der Waals surface area contributed by atoms with Gasteiger partial charge in [-0.3, -0.25) is 24.6 Å². The van der Waals surface area contributed by atoms with Gasteiger partial charge in [0.25, 0.3) is 5.69 Å². The summed E-state index contributed by atoms with van der Waals surface area (Å²) in [7, 11) is 0. The number of nitro benzene ring substituents is 1. The minimum Gasteiger partial charge on any atom is -0.612 e. The third kappa shape index (κ3) is 4.57. The molecule has 0 bridgehead atoms. The first-order valence-electron chi connectivity index (χ1n) is 8.86. The lowest BCUT2D eigenvalue weighted by atomic mass is 10.0. The Labute approximate surface area is 169 Å². The number of hydrogen-bond acceptors (Lipinski definition) is 7. The summed E-state index contributed by atoms with van der Waals surface area (Å²) in [5.74, 6) is -1.11. The number of carbonyl (C=O) groups excluding carboxylic acids is 3. The Morgan fingerprint density at radius 1 is 1.31 bits per heavy atom. The van der Waals surface area contributed by atoms with E-state index in [2.05, 4.69) is 5.32 Å². The monoisotopic (exact) mass is 421 g/mol. The molecular formula is C18H19N3O7S. The summed E-state index contributed by atoms with van der Waals surface area (Å²) < 4.78 is 17.9. The van der Waals surface area contributed by atoms with Gasteiger partial charge >= 0.3 is 5.97 Å². The predicted octanol–water partition coefficient (Wildman–Crippen LogP) is 0.739. The van der Waals surface area contributed by atoms with Crippen molar-refractivity contribution < 1.29 is 28.6 Å². The number of hydrogen-bond donors (Lipinski definition) is 1. The summed E-state index contributed by atoms with van der Waals surface area (Å²) in [6.45, 7) is 1.40. The normalized spacial score (nSPS) is 18.8. The highest BCUT2D eigenvalue weighted by Gasteiger charge is 2.51. The lowest BCUT2D eigenvalue weighted by Crippen LogP contribution is -2.49. The molecule has 2 unspecified atom stereocenters. The van der Waals surface area contributed by atoms with Crippen molar-refractivity contribution in [3.05, 3.63) is 50.5 Å². The summed E-state index contributed by atoms with van der Waals surface area (Å²) in [5, 5.41) is 13.2. The molecule has 1 N–H and O–H groups in total. The second-order valence-corrected chi connectivity index (χ2v) is 8.22. The van der Waals surface area contributed by atoms with Crippen molar-refractivity contribution in [1.82, 2.24) is 10.2 Å². The zero-order valence-electron chi connectivity index (χ0n) is 15.6. The van der Waals surface area contributed by atoms with E-state index in [0.29, 0.717) is 16.9 Å². The minimum atomic E-state index is -1.54. The Bertz CT molecular complexity index is 884. The van der Waals surface area contributed by atoms with E-state index in [-0.39, 0.29) is 54.6 Å². The minimum absolute atomic E-state index is 0.00863. The number of nitro groups is 1. The van der Waals surface area contributed by atoms with Crippen molar-refractivity contribution in [2.24, 2.45) is 0 Å². The third-order valence-electron chi connectivity index (χ3n) is 4.62. The van der Waals surface area contributed by atoms with Crippen molar-refractivity contribution in [2.45, 2.75) is 32.4 Å². The summed E-state index contributed by atoms with van der Waals surface area (Å²) in [6.07, 6.45) is 0.617. The van der Waals surface area contributed by atoms with Gasteiger partial charge in [0.2, 0.25) is 11.8 Å². The topological polar surface area (TPSA) is 142 Å². The fourth-order valence-electron chi connectivity index (χ4n) is 3.19. The van der Waals surface area contributed by atoms with Crippen LogP contribution in [0.25, 0.3) is 0 Å². The molecule has 3 rings (SSSR count). The molecule has 29 heavy (non-hydrogen) atoms. The molecule has 2 amide bonds. The summed E-state index contributed by atoms with van der Waals surface area (Å²) in [6, 6.07) is 5.35. The molecule has 1 saturated heterocycles. The number of amides is 2. The van der Waals surface area contributed by atoms with Crippen LogP contribution in [-0.4, -0.2) is 50.5 Å². The number of benzene rings is 1. The second-order valence-electron chi connectivity index (χ2n) is 6.63. The summed E-state index contributed by atoms with van der Waals surface area (Å²) in [4.78, 5) is 47.4. The van der Waals surface area contributed by atoms with E-state index in [9.17, 15) is 29.1 Å². The number of β-lactam (4-membered cyclic amide) rings is 1. The van der Waals surface area contributed by atoms with Crippen molar-refractivity contribution >= 4 is 34.6 Å². The van der Waals surface area contributed by atoms with E-state index in [1.165, 1.54) is 36.1 Å². The van der Waals surface area contributed by atoms with Crippen molar-refractivity contribution in [2.75, 3.05) is 12.3 Å². The lowest BCUT2D eigenvalue weighted by Gasteiger charge is -2.34. The molecule has 10 nitrogen and oxygen atoms in total. The summed E-state index contributed by atoms with van der Waals surface area (Å²) in [5.41, 5.74) is 0.473. The Balaban J connectivity index is 1.69. The largest absolute Gasteiger partial charge is 0.612 e. The Kier molecular flexibility index (Phi) is 6.18. The molecule has 154 valence electrons. The molecule has 2 aliphatic rings. The van der Waals surface area contributed by atoms with E-state index in [1.807, 2.05) is 0 Å². The molecule has 2 heterocycles. The van der Waals surface area contributed by atoms with E-state index in [1.54, 1.807) is 0 Å². The maximum atomic E-state index is 12.6. The quantitative estimate of drug-likeness (QED) is 0.214. The van der Waals surface area contributed by atoms with Gasteiger partial charge in [0.05, 0.1) is 17.5 Å². The average molecular weight is 421 g/mol. The molecule has 11 heteroatoms. The highest BCUT2D eigenvalue weighted by molar-refractivity contribution is 7.95. The molecule has 2 atom stereocenters. The van der Waals surface area contributed by atoms with Gasteiger partial charge in [-0.1, -0.05) is 0 Å². The first kappa shape index (κ1) is 20.8. The zero-order chi connectivity index (χ0) is 21.1. The first-order chi connectivity index (χ1) is 13.8. The first-order valence-corrected chi connectivity index (χ1v) is 10.2. The van der Waals surface area contributed by atoms with Gasteiger partial charge in [-0.25, -0.2) is 4.79 Å². The van der Waals surface area contributed by atoms with Gasteiger partial charge in [0.1, 0.15) is 12.4 Å². The molecule has 1 aromatic carbocycles. The molecule has 0 aliphatic carbocycles. The van der Waals surface area contributed by atoms with Crippen LogP contribution in [-0.2, 0) is 36.9 Å². The van der Waals surface area contributed by atoms with Gasteiger partial charge in [0, 0.05) is 31.9 Å². The van der Waals surface area contributed by atoms with Crippen LogP contribution in [0.2, 0.25) is 0 Å². The Hall–Kier alpha value is -2.92. The number of nitrogens with zero attached hydrogens (tertiary/aromatic N) is 2. The highest BCUT2D eigenvalue weighted by atomic mass is 32.2. The second kappa shape index (κ2) is 8.62. The summed E-state index contributed by atoms with van der Waals surface area (Å²) >= 11 is -1.54. The average Bonchev–Trinajstić information content (AvgIpc) is 2.99. The zero-order valence-corrected chi connectivity index (χ0v) is 16.4. The number of rotatable bonds is 8. The molecule has 0 radical (unpaired) electrons. The molecule has 1 fully saturated rings. The van der Waals surface area contributed by atoms with Crippen LogP contribution in [0.4, 0.5) is 5.69 Å². The van der Waals surface area contributed by atoms with E-state index in [0.717, 1.165) is 0 Å². The van der Waals surface area contributed by atoms with Crippen LogP contribution in [0.3, 0.4) is 0 Å². The lowest BCUT2D eigenvalue weighted by molar-refractivity contribution is -0.384. The van der Waals surface area contributed by atoms with Crippen LogP contribution in [0.1, 0.15) is 25.3 Å². The standard InChI is InChI=1S/C18H19N3O7S/c1-11(22)19-6-7-29(27)15-8-14-9-16(23)20(14)17(15)18(24)28-10-12-2-4-13(5-3-12)21(25)26/h2-5,14H,6-10H2,1H3,(H,19,22). The molecule has 0 spiro atoms. The van der Waals surface area contributed by atoms with Gasteiger partial charge in [0.15, 0.2) is 10.6 Å². The number of fused-ring (bicyclic) bond motifs is 1. The van der Waals surface area contributed by atoms with E-state index < -0.39 is 22.1 Å². The number of esters is 1. The number of nitrogens with one attached hydrogen (secondary N) is 1. The third-order valence-corrected chi connectivity index (χ3v) is 6.10. The fraction of sp³-hybridized carbons (Fsp3) is 0.389. The molecular weight excluding hydrogens is 402 g/mol. The van der Waals surface area contributed by atoms with Crippen LogP contribution in [0.15, 0.2) is 34.9 Å². The van der Waals surface area contributed by atoms with Crippen LogP contribution in [0, 0.1) is 10.1 Å². The maximum Gasteiger partial charge on any atom is 0.360 e. The van der Waals surface area contributed by atoms with Crippen LogP contribution in [0.5, 0.6) is 0 Å². The van der Waals surface area contributed by atoms with E-state index >= 15 is 0 Å². The van der Waals surface area contributed by atoms with Crippen LogP contribution >= 0.6 is 0 Å². The van der Waals surface area contributed by atoms with Crippen LogP contribution < -0.4 is 5.32 Å². The molecule has 0 saturated carbocycles. The van der Waals surface area contributed by atoms with Crippen molar-refractivity contribution in [3.63, 3.8) is 0 Å². The number of non-ortho nitro benzene ring substituents is 1. The number of carbonyl (C=O) groups is 3. The van der Waals surface area contributed by atoms with Gasteiger partial charge in [-0.15, -0.1) is 0 Å². The molecule has 2 aliphatic heterocycles. The highest BCUT2D eigenvalue weighted by Crippen LogP contribution is 2.41. The fourth-order valence-corrected chi connectivity index (χ4v) is 4.49. The maximum absolute atomic E-state index is 12.6. The molecule has 0 aromatic heterocycles. The Morgan fingerprint density at radius 3 is 2.59 bits per heavy atom.